The highest BCUT2D eigenvalue weighted by atomic mass is 127. The van der Waals surface area contributed by atoms with Crippen molar-refractivity contribution < 1.29 is 9.31 Å². The third-order valence-electron chi connectivity index (χ3n) is 4.05. The molecule has 0 aliphatic carbocycles. The first kappa shape index (κ1) is 14.6. The van der Waals surface area contributed by atoms with E-state index >= 15 is 0 Å². The topological polar surface area (TPSA) is 49.2 Å². The number of hydrogen-bond donors (Lipinski definition) is 0. The van der Waals surface area contributed by atoms with Crippen LogP contribution in [-0.4, -0.2) is 32.3 Å². The molecule has 1 aliphatic heterocycles. The molecule has 0 bridgehead atoms. The van der Waals surface area contributed by atoms with Crippen molar-refractivity contribution in [3.8, 4) is 0 Å². The third-order valence-corrected chi connectivity index (χ3v) is 5.75. The summed E-state index contributed by atoms with van der Waals surface area (Å²) in [6.45, 7) is 8.21. The van der Waals surface area contributed by atoms with Crippen molar-refractivity contribution in [1.82, 2.24) is 13.9 Å². The van der Waals surface area contributed by atoms with E-state index in [1.807, 2.05) is 16.4 Å². The van der Waals surface area contributed by atoms with E-state index in [1.54, 1.807) is 15.4 Å². The van der Waals surface area contributed by atoms with E-state index in [9.17, 15) is 0 Å². The molecule has 2 aromatic heterocycles. The summed E-state index contributed by atoms with van der Waals surface area (Å²) >= 11 is 2.23. The number of aromatic nitrogens is 3. The van der Waals surface area contributed by atoms with Gasteiger partial charge in [0.25, 0.3) is 0 Å². The summed E-state index contributed by atoms with van der Waals surface area (Å²) in [5.41, 5.74) is 1.16. The van der Waals surface area contributed by atoms with Crippen LogP contribution in [0.5, 0.6) is 0 Å². The molecule has 2 aromatic rings. The van der Waals surface area contributed by atoms with Gasteiger partial charge in [0.15, 0.2) is 5.65 Å². The van der Waals surface area contributed by atoms with Gasteiger partial charge in [-0.1, -0.05) is 0 Å². The lowest BCUT2D eigenvalue weighted by molar-refractivity contribution is 0.00578. The Bertz CT molecular complexity index is 645. The molecule has 20 heavy (non-hydrogen) atoms. The van der Waals surface area contributed by atoms with Crippen LogP contribution in [0.1, 0.15) is 27.7 Å². The van der Waals surface area contributed by atoms with Crippen LogP contribution in [0, 0.1) is 0 Å². The maximum atomic E-state index is 6.11. The highest BCUT2D eigenvalue weighted by molar-refractivity contribution is 14.2. The van der Waals surface area contributed by atoms with Crippen LogP contribution >= 0.6 is 30.3 Å². The molecule has 3 rings (SSSR count). The van der Waals surface area contributed by atoms with E-state index in [4.69, 9.17) is 9.31 Å². The highest BCUT2D eigenvalue weighted by Crippen LogP contribution is 2.37. The van der Waals surface area contributed by atoms with Gasteiger partial charge in [-0.05, 0) is 27.7 Å². The van der Waals surface area contributed by atoms with Crippen LogP contribution in [0.4, 0.5) is 0 Å². The Morgan fingerprint density at radius 3 is 2.50 bits per heavy atom. The lowest BCUT2D eigenvalue weighted by Crippen LogP contribution is -2.41. The number of hydrogen-bond acceptors (Lipinski definition) is 5. The van der Waals surface area contributed by atoms with Crippen LogP contribution in [0.3, 0.4) is 0 Å². The maximum Gasteiger partial charge on any atom is 0.497 e. The smallest absolute Gasteiger partial charge is 0.399 e. The zero-order valence-electron chi connectivity index (χ0n) is 11.8. The van der Waals surface area contributed by atoms with Crippen molar-refractivity contribution >= 4 is 53.9 Å². The first-order valence-electron chi connectivity index (χ1n) is 6.31. The van der Waals surface area contributed by atoms with E-state index in [0.29, 0.717) is 0 Å². The van der Waals surface area contributed by atoms with Crippen LogP contribution < -0.4 is 5.46 Å². The SMILES string of the molecule is CC1(C)OB(c2cn(SI)c3ncncc23)OC1(C)C. The summed E-state index contributed by atoms with van der Waals surface area (Å²) in [6.07, 6.45) is 5.38. The summed E-state index contributed by atoms with van der Waals surface area (Å²) in [6, 6.07) is 0. The molecule has 0 amide bonds. The quantitative estimate of drug-likeness (QED) is 0.570. The molecule has 1 saturated heterocycles. The minimum Gasteiger partial charge on any atom is -0.399 e. The van der Waals surface area contributed by atoms with Gasteiger partial charge >= 0.3 is 7.12 Å². The average molecular weight is 403 g/mol. The fourth-order valence-electron chi connectivity index (χ4n) is 2.17. The third kappa shape index (κ3) is 2.17. The Kier molecular flexibility index (Phi) is 3.55. The van der Waals surface area contributed by atoms with E-state index in [2.05, 4.69) is 58.9 Å². The fraction of sp³-hybridized carbons (Fsp3) is 0.500. The molecule has 1 aliphatic rings. The van der Waals surface area contributed by atoms with Gasteiger partial charge in [-0.25, -0.2) is 9.97 Å². The van der Waals surface area contributed by atoms with Gasteiger partial charge < -0.3 is 9.31 Å². The molecule has 5 nitrogen and oxygen atoms in total. The molecular formula is C12H15BIN3O2S. The van der Waals surface area contributed by atoms with Crippen LogP contribution in [-0.2, 0) is 9.31 Å². The Morgan fingerprint density at radius 2 is 1.90 bits per heavy atom. The van der Waals surface area contributed by atoms with Crippen LogP contribution in [0.2, 0.25) is 0 Å². The molecule has 0 saturated carbocycles. The van der Waals surface area contributed by atoms with Gasteiger partial charge in [0.2, 0.25) is 0 Å². The molecule has 0 atom stereocenters. The minimum absolute atomic E-state index is 0.348. The average Bonchev–Trinajstić information content (AvgIpc) is 2.85. The minimum atomic E-state index is -0.390. The summed E-state index contributed by atoms with van der Waals surface area (Å²) in [5, 5.41) is 0.968. The fourth-order valence-corrected chi connectivity index (χ4v) is 3.43. The normalized spacial score (nSPS) is 20.8. The zero-order chi connectivity index (χ0) is 14.5. The Balaban J connectivity index is 2.08. The highest BCUT2D eigenvalue weighted by Gasteiger charge is 2.52. The number of halogens is 1. The Hall–Kier alpha value is -0.315. The molecule has 0 radical (unpaired) electrons. The molecule has 1 fully saturated rings. The molecule has 0 N–H and O–H groups in total. The van der Waals surface area contributed by atoms with Crippen molar-refractivity contribution in [1.29, 1.82) is 0 Å². The molecule has 106 valence electrons. The predicted molar refractivity (Wildman–Crippen MR) is 90.3 cm³/mol. The van der Waals surface area contributed by atoms with Crippen molar-refractivity contribution in [2.45, 2.75) is 38.9 Å². The summed E-state index contributed by atoms with van der Waals surface area (Å²) in [7, 11) is 1.17. The lowest BCUT2D eigenvalue weighted by atomic mass is 9.79. The lowest BCUT2D eigenvalue weighted by Gasteiger charge is -2.32. The van der Waals surface area contributed by atoms with Crippen molar-refractivity contribution in [2.24, 2.45) is 0 Å². The van der Waals surface area contributed by atoms with Crippen LogP contribution in [0.25, 0.3) is 11.0 Å². The van der Waals surface area contributed by atoms with Crippen molar-refractivity contribution in [3.05, 3.63) is 18.7 Å². The Labute approximate surface area is 134 Å². The monoisotopic (exact) mass is 403 g/mol. The summed E-state index contributed by atoms with van der Waals surface area (Å²) < 4.78 is 14.2. The maximum absolute atomic E-state index is 6.11. The number of fused-ring (bicyclic) bond motifs is 1. The van der Waals surface area contributed by atoms with Gasteiger partial charge in [0.1, 0.15) is 6.33 Å². The summed E-state index contributed by atoms with van der Waals surface area (Å²) in [5.74, 6) is 0. The molecule has 0 aromatic carbocycles. The van der Waals surface area contributed by atoms with Gasteiger partial charge in [0, 0.05) is 53.6 Å². The largest absolute Gasteiger partial charge is 0.497 e. The van der Waals surface area contributed by atoms with Gasteiger partial charge in [0.05, 0.1) is 11.2 Å². The standard InChI is InChI=1S/C12H15BIN3O2S/c1-11(2)12(3,4)19-13(18-11)9-6-17(20-14)10-8(9)5-15-7-16-10/h5-7H,1-4H3. The second-order valence-electron chi connectivity index (χ2n) is 5.83. The first-order chi connectivity index (χ1) is 9.36. The molecule has 8 heteroatoms. The molecule has 3 heterocycles. The summed E-state index contributed by atoms with van der Waals surface area (Å²) in [4.78, 5) is 8.45. The van der Waals surface area contributed by atoms with E-state index in [0.717, 1.165) is 16.5 Å². The van der Waals surface area contributed by atoms with Crippen molar-refractivity contribution in [2.75, 3.05) is 0 Å². The van der Waals surface area contributed by atoms with E-state index < -0.39 is 7.12 Å². The van der Waals surface area contributed by atoms with Gasteiger partial charge in [-0.2, -0.15) is 0 Å². The van der Waals surface area contributed by atoms with Crippen molar-refractivity contribution in [3.63, 3.8) is 0 Å². The number of nitrogens with zero attached hydrogens (tertiary/aromatic N) is 3. The second kappa shape index (κ2) is 4.86. The predicted octanol–water partition coefficient (Wildman–Crippen LogP) is 2.58. The zero-order valence-corrected chi connectivity index (χ0v) is 14.7. The molecular weight excluding hydrogens is 388 g/mol. The molecule has 0 spiro atoms. The Morgan fingerprint density at radius 1 is 1.25 bits per heavy atom. The van der Waals surface area contributed by atoms with Gasteiger partial charge in [-0.3, -0.25) is 3.97 Å². The molecule has 0 unspecified atom stereocenters. The van der Waals surface area contributed by atoms with E-state index in [1.165, 1.54) is 0 Å². The first-order valence-corrected chi connectivity index (χ1v) is 9.63. The van der Waals surface area contributed by atoms with E-state index in [-0.39, 0.29) is 11.2 Å². The van der Waals surface area contributed by atoms with Crippen LogP contribution in [0.15, 0.2) is 18.7 Å². The van der Waals surface area contributed by atoms with Gasteiger partial charge in [-0.15, -0.1) is 0 Å². The second-order valence-corrected chi connectivity index (χ2v) is 7.54. The number of rotatable bonds is 2.